The van der Waals surface area contributed by atoms with Crippen molar-refractivity contribution in [3.63, 3.8) is 0 Å². The minimum Gasteiger partial charge on any atom is -0.616 e. The number of fused-ring (bicyclic) bond motifs is 1. The summed E-state index contributed by atoms with van der Waals surface area (Å²) in [5.41, 5.74) is 2.22. The molecule has 0 radical (unpaired) electrons. The van der Waals surface area contributed by atoms with Gasteiger partial charge in [0.2, 0.25) is 11.8 Å². The lowest BCUT2D eigenvalue weighted by molar-refractivity contribution is -0.161. The SMILES string of the molecule is CC(O)C1C(=O)N2C(C(=O)O)=C(C[S+]([O-])C(C)CC(=O)NN)CC12. The van der Waals surface area contributed by atoms with E-state index < -0.39 is 52.3 Å². The van der Waals surface area contributed by atoms with E-state index in [-0.39, 0.29) is 24.3 Å². The number of amides is 2. The third-order valence-corrected chi connectivity index (χ3v) is 6.12. The lowest BCUT2D eigenvalue weighted by atomic mass is 9.83. The zero-order valence-electron chi connectivity index (χ0n) is 13.4. The van der Waals surface area contributed by atoms with Crippen molar-refractivity contribution in [2.75, 3.05) is 5.75 Å². The highest BCUT2D eigenvalue weighted by Gasteiger charge is 2.57. The summed E-state index contributed by atoms with van der Waals surface area (Å²) in [6.45, 7) is 3.10. The molecule has 0 aliphatic carbocycles. The van der Waals surface area contributed by atoms with E-state index in [4.69, 9.17) is 5.84 Å². The van der Waals surface area contributed by atoms with Crippen LogP contribution < -0.4 is 11.3 Å². The molecule has 5 atom stereocenters. The van der Waals surface area contributed by atoms with Crippen molar-refractivity contribution in [3.8, 4) is 0 Å². The van der Waals surface area contributed by atoms with Gasteiger partial charge < -0.3 is 19.7 Å². The van der Waals surface area contributed by atoms with Gasteiger partial charge in [-0.15, -0.1) is 0 Å². The van der Waals surface area contributed by atoms with Gasteiger partial charge in [-0.25, -0.2) is 10.6 Å². The van der Waals surface area contributed by atoms with Crippen molar-refractivity contribution in [3.05, 3.63) is 11.3 Å². The molecule has 24 heavy (non-hydrogen) atoms. The Bertz CT molecular complexity index is 593. The number of nitrogens with zero attached hydrogens (tertiary/aromatic N) is 1. The molecule has 0 bridgehead atoms. The van der Waals surface area contributed by atoms with Gasteiger partial charge in [-0.2, -0.15) is 0 Å². The smallest absolute Gasteiger partial charge is 0.352 e. The Kier molecular flexibility index (Phi) is 5.53. The summed E-state index contributed by atoms with van der Waals surface area (Å²) in [5.74, 6) is 2.19. The van der Waals surface area contributed by atoms with E-state index in [1.54, 1.807) is 6.92 Å². The number of hydrogen-bond acceptors (Lipinski definition) is 6. The van der Waals surface area contributed by atoms with Gasteiger partial charge >= 0.3 is 5.97 Å². The molecular formula is C14H21N3O6S. The highest BCUT2D eigenvalue weighted by Crippen LogP contribution is 2.44. The van der Waals surface area contributed by atoms with Crippen LogP contribution in [0.25, 0.3) is 0 Å². The van der Waals surface area contributed by atoms with Crippen molar-refractivity contribution >= 4 is 29.0 Å². The molecule has 5 unspecified atom stereocenters. The normalized spacial score (nSPS) is 26.5. The second-order valence-electron chi connectivity index (χ2n) is 6.11. The fourth-order valence-electron chi connectivity index (χ4n) is 3.22. The first-order chi connectivity index (χ1) is 11.2. The third kappa shape index (κ3) is 3.27. The fourth-order valence-corrected chi connectivity index (χ4v) is 4.44. The van der Waals surface area contributed by atoms with E-state index in [9.17, 15) is 29.1 Å². The number of carbonyl (C=O) groups is 3. The van der Waals surface area contributed by atoms with Crippen molar-refractivity contribution < 1.29 is 29.1 Å². The highest BCUT2D eigenvalue weighted by atomic mass is 32.2. The molecule has 0 aromatic rings. The zero-order chi connectivity index (χ0) is 18.2. The number of aliphatic hydroxyl groups excluding tert-OH is 1. The molecule has 1 saturated heterocycles. The second kappa shape index (κ2) is 7.09. The van der Waals surface area contributed by atoms with Crippen LogP contribution in [0.2, 0.25) is 0 Å². The van der Waals surface area contributed by atoms with Gasteiger partial charge in [-0.1, -0.05) is 0 Å². The molecule has 2 aliphatic rings. The van der Waals surface area contributed by atoms with E-state index >= 15 is 0 Å². The van der Waals surface area contributed by atoms with E-state index in [0.29, 0.717) is 5.57 Å². The molecular weight excluding hydrogens is 338 g/mol. The van der Waals surface area contributed by atoms with Crippen LogP contribution in [0.4, 0.5) is 0 Å². The molecule has 2 heterocycles. The maximum Gasteiger partial charge on any atom is 0.352 e. The number of aliphatic hydroxyl groups is 1. The number of carboxylic acid groups (broad SMARTS) is 1. The number of hydrogen-bond donors (Lipinski definition) is 4. The predicted octanol–water partition coefficient (Wildman–Crippen LogP) is -1.55. The Balaban J connectivity index is 2.13. The fraction of sp³-hybridized carbons (Fsp3) is 0.643. The summed E-state index contributed by atoms with van der Waals surface area (Å²) in [4.78, 5) is 36.0. The standard InChI is InChI=1S/C14H21N3O6S/c1-6(3-10(19)16-15)24(23)5-8-4-9-11(7(2)18)13(20)17(9)12(8)14(21)22/h6-7,9,11,18H,3-5,15H2,1-2H3,(H,16,19)(H,21,22). The number of aliphatic carboxylic acids is 1. The van der Waals surface area contributed by atoms with Gasteiger partial charge in [0, 0.05) is 5.57 Å². The van der Waals surface area contributed by atoms with Gasteiger partial charge in [0.1, 0.15) is 16.7 Å². The Hall–Kier alpha value is -1.62. The minimum absolute atomic E-state index is 0.0343. The van der Waals surface area contributed by atoms with Crippen molar-refractivity contribution in [1.29, 1.82) is 0 Å². The molecule has 2 aliphatic heterocycles. The van der Waals surface area contributed by atoms with Gasteiger partial charge in [0.25, 0.3) is 0 Å². The van der Waals surface area contributed by atoms with E-state index in [1.807, 2.05) is 5.43 Å². The quantitative estimate of drug-likeness (QED) is 0.141. The summed E-state index contributed by atoms with van der Waals surface area (Å²) >= 11 is -1.49. The van der Waals surface area contributed by atoms with Crippen molar-refractivity contribution in [1.82, 2.24) is 10.3 Å². The van der Waals surface area contributed by atoms with Crippen LogP contribution in [-0.4, -0.2) is 60.6 Å². The summed E-state index contributed by atoms with van der Waals surface area (Å²) in [5, 5.41) is 18.6. The Labute approximate surface area is 142 Å². The first kappa shape index (κ1) is 18.7. The molecule has 1 fully saturated rings. The van der Waals surface area contributed by atoms with E-state index in [2.05, 4.69) is 0 Å². The number of β-lactam (4-membered cyclic amide) rings is 1. The lowest BCUT2D eigenvalue weighted by Crippen LogP contribution is -2.61. The van der Waals surface area contributed by atoms with Crippen LogP contribution in [0.3, 0.4) is 0 Å². The van der Waals surface area contributed by atoms with Crippen LogP contribution in [0.1, 0.15) is 26.7 Å². The molecule has 0 aromatic heterocycles. The average molecular weight is 359 g/mol. The Morgan fingerprint density at radius 1 is 1.50 bits per heavy atom. The summed E-state index contributed by atoms with van der Waals surface area (Å²) in [7, 11) is 0. The number of carbonyl (C=O) groups excluding carboxylic acids is 2. The third-order valence-electron chi connectivity index (χ3n) is 4.42. The maximum atomic E-state index is 12.4. The van der Waals surface area contributed by atoms with Gasteiger partial charge in [-0.3, -0.25) is 15.0 Å². The molecule has 0 aromatic carbocycles. The Morgan fingerprint density at radius 2 is 2.12 bits per heavy atom. The lowest BCUT2D eigenvalue weighted by Gasteiger charge is -2.44. The molecule has 0 spiro atoms. The second-order valence-corrected chi connectivity index (χ2v) is 7.97. The van der Waals surface area contributed by atoms with Crippen LogP contribution in [0, 0.1) is 5.92 Å². The molecule has 0 saturated carbocycles. The number of nitrogens with one attached hydrogen (secondary N) is 1. The van der Waals surface area contributed by atoms with Crippen molar-refractivity contribution in [2.45, 2.75) is 44.1 Å². The average Bonchev–Trinajstić information content (AvgIpc) is 2.80. The van der Waals surface area contributed by atoms with E-state index in [1.165, 1.54) is 11.8 Å². The maximum absolute atomic E-state index is 12.4. The molecule has 2 amide bonds. The van der Waals surface area contributed by atoms with Crippen LogP contribution >= 0.6 is 0 Å². The number of hydrazine groups is 1. The highest BCUT2D eigenvalue weighted by molar-refractivity contribution is 7.92. The van der Waals surface area contributed by atoms with Crippen LogP contribution in [0.15, 0.2) is 11.3 Å². The van der Waals surface area contributed by atoms with E-state index in [0.717, 1.165) is 0 Å². The molecule has 10 heteroatoms. The largest absolute Gasteiger partial charge is 0.616 e. The molecule has 5 N–H and O–H groups in total. The van der Waals surface area contributed by atoms with Gasteiger partial charge in [0.15, 0.2) is 0 Å². The van der Waals surface area contributed by atoms with Crippen LogP contribution in [0.5, 0.6) is 0 Å². The summed E-state index contributed by atoms with van der Waals surface area (Å²) in [6, 6.07) is -0.404. The first-order valence-electron chi connectivity index (χ1n) is 7.52. The van der Waals surface area contributed by atoms with Gasteiger partial charge in [0.05, 0.1) is 24.5 Å². The monoisotopic (exact) mass is 359 g/mol. The van der Waals surface area contributed by atoms with Gasteiger partial charge in [-0.05, 0) is 31.4 Å². The topological polar surface area (TPSA) is 156 Å². The number of nitrogens with two attached hydrogens (primary N) is 1. The molecule has 134 valence electrons. The first-order valence-corrected chi connectivity index (χ1v) is 8.90. The Morgan fingerprint density at radius 3 is 2.62 bits per heavy atom. The number of carboxylic acids is 1. The summed E-state index contributed by atoms with van der Waals surface area (Å²) in [6.07, 6.45) is -0.642. The molecule has 2 rings (SSSR count). The number of rotatable bonds is 7. The van der Waals surface area contributed by atoms with Crippen LogP contribution in [-0.2, 0) is 25.6 Å². The zero-order valence-corrected chi connectivity index (χ0v) is 14.2. The molecule has 9 nitrogen and oxygen atoms in total. The predicted molar refractivity (Wildman–Crippen MR) is 84.5 cm³/mol. The summed E-state index contributed by atoms with van der Waals surface area (Å²) < 4.78 is 12.4. The minimum atomic E-state index is -1.49. The van der Waals surface area contributed by atoms with Crippen molar-refractivity contribution in [2.24, 2.45) is 11.8 Å².